The fraction of sp³-hybridized carbons (Fsp3) is 0.417. The zero-order valence-electron chi connectivity index (χ0n) is 9.73. The van der Waals surface area contributed by atoms with Crippen molar-refractivity contribution in [3.63, 3.8) is 0 Å². The van der Waals surface area contributed by atoms with Crippen LogP contribution in [-0.2, 0) is 4.79 Å². The topological polar surface area (TPSA) is 49.3 Å². The number of unbranched alkanes of at least 4 members (excludes halogenated alkanes) is 1. The SMILES string of the molecule is O=C(CCCCO)Nc1ccc(SC(F)F)cc1. The zero-order valence-corrected chi connectivity index (χ0v) is 10.6. The summed E-state index contributed by atoms with van der Waals surface area (Å²) in [5.41, 5.74) is 0.586. The number of thioether (sulfide) groups is 1. The van der Waals surface area contributed by atoms with Crippen LogP contribution in [0.25, 0.3) is 0 Å². The van der Waals surface area contributed by atoms with E-state index in [1.165, 1.54) is 0 Å². The van der Waals surface area contributed by atoms with Gasteiger partial charge in [0.05, 0.1) is 0 Å². The number of hydrogen-bond acceptors (Lipinski definition) is 3. The Kier molecular flexibility index (Phi) is 6.67. The number of carbonyl (C=O) groups is 1. The van der Waals surface area contributed by atoms with Gasteiger partial charge in [0, 0.05) is 23.6 Å². The van der Waals surface area contributed by atoms with Gasteiger partial charge in [0.25, 0.3) is 5.76 Å². The van der Waals surface area contributed by atoms with Crippen molar-refractivity contribution in [2.24, 2.45) is 0 Å². The molecule has 1 aromatic carbocycles. The first kappa shape index (κ1) is 14.9. The summed E-state index contributed by atoms with van der Waals surface area (Å²) in [5, 5.41) is 11.2. The summed E-state index contributed by atoms with van der Waals surface area (Å²) in [4.78, 5) is 11.9. The van der Waals surface area contributed by atoms with E-state index in [-0.39, 0.29) is 12.5 Å². The van der Waals surface area contributed by atoms with Crippen molar-refractivity contribution in [3.05, 3.63) is 24.3 Å². The Balaban J connectivity index is 2.40. The maximum atomic E-state index is 12.1. The average Bonchev–Trinajstić information content (AvgIpc) is 2.31. The highest BCUT2D eigenvalue weighted by molar-refractivity contribution is 7.99. The normalized spacial score (nSPS) is 10.7. The lowest BCUT2D eigenvalue weighted by Crippen LogP contribution is -2.11. The first-order valence-corrected chi connectivity index (χ1v) is 6.45. The maximum Gasteiger partial charge on any atom is 0.288 e. The third-order valence-electron chi connectivity index (χ3n) is 2.18. The largest absolute Gasteiger partial charge is 0.396 e. The van der Waals surface area contributed by atoms with Gasteiger partial charge in [0.15, 0.2) is 0 Å². The van der Waals surface area contributed by atoms with Crippen LogP contribution in [0.5, 0.6) is 0 Å². The minimum absolute atomic E-state index is 0.0762. The fourth-order valence-corrected chi connectivity index (χ4v) is 1.84. The molecule has 6 heteroatoms. The number of anilines is 1. The minimum atomic E-state index is -2.44. The Labute approximate surface area is 109 Å². The highest BCUT2D eigenvalue weighted by Gasteiger charge is 2.06. The lowest BCUT2D eigenvalue weighted by Gasteiger charge is -2.06. The Morgan fingerprint density at radius 1 is 1.28 bits per heavy atom. The molecular weight excluding hydrogens is 260 g/mol. The Hall–Kier alpha value is -1.14. The first-order valence-electron chi connectivity index (χ1n) is 5.57. The molecule has 1 amide bonds. The van der Waals surface area contributed by atoms with Crippen LogP contribution in [0.15, 0.2) is 29.2 Å². The molecule has 0 aliphatic heterocycles. The quantitative estimate of drug-likeness (QED) is 0.594. The van der Waals surface area contributed by atoms with Crippen molar-refractivity contribution in [1.82, 2.24) is 0 Å². The summed E-state index contributed by atoms with van der Waals surface area (Å²) in [6.07, 6.45) is 1.56. The van der Waals surface area contributed by atoms with Crippen molar-refractivity contribution in [1.29, 1.82) is 0 Å². The molecule has 0 saturated heterocycles. The first-order chi connectivity index (χ1) is 8.61. The molecule has 1 aromatic rings. The predicted molar refractivity (Wildman–Crippen MR) is 67.9 cm³/mol. The molecule has 3 nitrogen and oxygen atoms in total. The molecule has 0 fully saturated rings. The Morgan fingerprint density at radius 2 is 1.94 bits per heavy atom. The second-order valence-corrected chi connectivity index (χ2v) is 4.70. The molecule has 0 radical (unpaired) electrons. The van der Waals surface area contributed by atoms with Crippen LogP contribution in [0.2, 0.25) is 0 Å². The Bertz CT molecular complexity index is 371. The zero-order chi connectivity index (χ0) is 13.4. The second kappa shape index (κ2) is 8.05. The Morgan fingerprint density at radius 3 is 2.50 bits per heavy atom. The highest BCUT2D eigenvalue weighted by Crippen LogP contribution is 2.26. The van der Waals surface area contributed by atoms with Crippen LogP contribution >= 0.6 is 11.8 Å². The molecule has 0 aliphatic rings. The van der Waals surface area contributed by atoms with E-state index < -0.39 is 5.76 Å². The van der Waals surface area contributed by atoms with E-state index in [0.717, 1.165) is 0 Å². The van der Waals surface area contributed by atoms with Crippen LogP contribution in [0.4, 0.5) is 14.5 Å². The van der Waals surface area contributed by atoms with Crippen LogP contribution in [-0.4, -0.2) is 23.4 Å². The molecule has 2 N–H and O–H groups in total. The van der Waals surface area contributed by atoms with Gasteiger partial charge in [-0.2, -0.15) is 8.78 Å². The van der Waals surface area contributed by atoms with Crippen molar-refractivity contribution < 1.29 is 18.7 Å². The lowest BCUT2D eigenvalue weighted by atomic mass is 10.2. The smallest absolute Gasteiger partial charge is 0.288 e. The number of carbonyl (C=O) groups excluding carboxylic acids is 1. The molecule has 100 valence electrons. The molecule has 0 bridgehead atoms. The fourth-order valence-electron chi connectivity index (χ4n) is 1.34. The minimum Gasteiger partial charge on any atom is -0.396 e. The average molecular weight is 275 g/mol. The molecule has 18 heavy (non-hydrogen) atoms. The van der Waals surface area contributed by atoms with Crippen LogP contribution in [0.3, 0.4) is 0 Å². The van der Waals surface area contributed by atoms with Crippen LogP contribution < -0.4 is 5.32 Å². The molecule has 0 unspecified atom stereocenters. The number of amides is 1. The van der Waals surface area contributed by atoms with Crippen LogP contribution in [0, 0.1) is 0 Å². The predicted octanol–water partition coefficient (Wildman–Crippen LogP) is 3.10. The van der Waals surface area contributed by atoms with Gasteiger partial charge in [-0.25, -0.2) is 0 Å². The number of aliphatic hydroxyl groups excluding tert-OH is 1. The number of halogens is 2. The standard InChI is InChI=1S/C12H15F2NO2S/c13-12(14)18-10-6-4-9(5-7-10)15-11(17)3-1-2-8-16/h4-7,12,16H,1-3,8H2,(H,15,17). The van der Waals surface area contributed by atoms with E-state index in [4.69, 9.17) is 5.11 Å². The number of benzene rings is 1. The van der Waals surface area contributed by atoms with Crippen molar-refractivity contribution in [3.8, 4) is 0 Å². The molecule has 1 rings (SSSR count). The second-order valence-electron chi connectivity index (χ2n) is 3.63. The van der Waals surface area contributed by atoms with E-state index in [1.807, 2.05) is 0 Å². The van der Waals surface area contributed by atoms with Crippen molar-refractivity contribution in [2.45, 2.75) is 29.9 Å². The van der Waals surface area contributed by atoms with E-state index in [0.29, 0.717) is 41.6 Å². The van der Waals surface area contributed by atoms with Gasteiger partial charge in [-0.15, -0.1) is 0 Å². The lowest BCUT2D eigenvalue weighted by molar-refractivity contribution is -0.116. The van der Waals surface area contributed by atoms with Crippen LogP contribution in [0.1, 0.15) is 19.3 Å². The third kappa shape index (κ3) is 5.97. The van der Waals surface area contributed by atoms with Gasteiger partial charge in [0.2, 0.25) is 5.91 Å². The number of rotatable bonds is 7. The van der Waals surface area contributed by atoms with E-state index in [9.17, 15) is 13.6 Å². The van der Waals surface area contributed by atoms with Gasteiger partial charge < -0.3 is 10.4 Å². The summed E-state index contributed by atoms with van der Waals surface area (Å²) >= 11 is 0.469. The summed E-state index contributed by atoms with van der Waals surface area (Å²) < 4.78 is 24.2. The molecule has 0 saturated carbocycles. The van der Waals surface area contributed by atoms with E-state index in [1.54, 1.807) is 24.3 Å². The molecule has 0 atom stereocenters. The number of aliphatic hydroxyl groups is 1. The maximum absolute atomic E-state index is 12.1. The summed E-state index contributed by atoms with van der Waals surface area (Å²) in [7, 11) is 0. The molecule has 0 aromatic heterocycles. The molecule has 0 spiro atoms. The number of nitrogens with one attached hydrogen (secondary N) is 1. The van der Waals surface area contributed by atoms with Gasteiger partial charge in [-0.05, 0) is 37.1 Å². The molecule has 0 aliphatic carbocycles. The monoisotopic (exact) mass is 275 g/mol. The summed E-state index contributed by atoms with van der Waals surface area (Å²) in [6, 6.07) is 6.27. The van der Waals surface area contributed by atoms with E-state index >= 15 is 0 Å². The van der Waals surface area contributed by atoms with Gasteiger partial charge >= 0.3 is 0 Å². The van der Waals surface area contributed by atoms with Crippen molar-refractivity contribution >= 4 is 23.4 Å². The van der Waals surface area contributed by atoms with Crippen molar-refractivity contribution in [2.75, 3.05) is 11.9 Å². The van der Waals surface area contributed by atoms with Gasteiger partial charge in [-0.1, -0.05) is 11.8 Å². The van der Waals surface area contributed by atoms with E-state index in [2.05, 4.69) is 5.32 Å². The highest BCUT2D eigenvalue weighted by atomic mass is 32.2. The summed E-state index contributed by atoms with van der Waals surface area (Å²) in [5.74, 6) is -2.58. The molecular formula is C12H15F2NO2S. The number of hydrogen-bond donors (Lipinski definition) is 2. The van der Waals surface area contributed by atoms with Gasteiger partial charge in [-0.3, -0.25) is 4.79 Å². The molecule has 0 heterocycles. The van der Waals surface area contributed by atoms with Gasteiger partial charge in [0.1, 0.15) is 0 Å². The number of alkyl halides is 2. The summed E-state index contributed by atoms with van der Waals surface area (Å²) in [6.45, 7) is 0.0762. The third-order valence-corrected chi connectivity index (χ3v) is 2.90.